The molecule has 0 amide bonds. The van der Waals surface area contributed by atoms with Gasteiger partial charge >= 0.3 is 11.9 Å². The van der Waals surface area contributed by atoms with Gasteiger partial charge < -0.3 is 25.3 Å². The number of furan rings is 1. The maximum absolute atomic E-state index is 13.1. The number of carbonyl (C=O) groups excluding carboxylic acids is 1. The van der Waals surface area contributed by atoms with Crippen LogP contribution < -0.4 is 5.73 Å². The molecular formula is C21H22FN3O6. The van der Waals surface area contributed by atoms with E-state index >= 15 is 0 Å². The lowest BCUT2D eigenvalue weighted by molar-refractivity contribution is -0.159. The summed E-state index contributed by atoms with van der Waals surface area (Å²) < 4.78 is 18.8. The Balaban J connectivity index is 0.000000501. The SMILES string of the molecule is Cc1oc2c(N)cc(C(=O)c3ccc(F)cc3)nc2c1CCN(C)C.O=C(O)C(=O)O. The summed E-state index contributed by atoms with van der Waals surface area (Å²) in [6, 6.07) is 6.88. The quantitative estimate of drug-likeness (QED) is 0.409. The van der Waals surface area contributed by atoms with Gasteiger partial charge in [-0.3, -0.25) is 4.79 Å². The molecule has 0 radical (unpaired) electrons. The molecule has 0 spiro atoms. The molecule has 31 heavy (non-hydrogen) atoms. The molecule has 0 saturated heterocycles. The van der Waals surface area contributed by atoms with Crippen molar-refractivity contribution in [1.82, 2.24) is 9.88 Å². The number of hydrogen-bond acceptors (Lipinski definition) is 7. The number of pyridine rings is 1. The number of carboxylic acid groups (broad SMARTS) is 2. The summed E-state index contributed by atoms with van der Waals surface area (Å²) in [5, 5.41) is 14.8. The lowest BCUT2D eigenvalue weighted by atomic mass is 10.1. The minimum absolute atomic E-state index is 0.225. The van der Waals surface area contributed by atoms with Crippen LogP contribution in [0, 0.1) is 12.7 Å². The van der Waals surface area contributed by atoms with E-state index in [9.17, 15) is 9.18 Å². The highest BCUT2D eigenvalue weighted by molar-refractivity contribution is 6.27. The van der Waals surface area contributed by atoms with Crippen molar-refractivity contribution in [1.29, 1.82) is 0 Å². The van der Waals surface area contributed by atoms with Crippen molar-refractivity contribution >= 4 is 34.5 Å². The second-order valence-corrected chi connectivity index (χ2v) is 6.91. The lowest BCUT2D eigenvalue weighted by Crippen LogP contribution is -2.15. The van der Waals surface area contributed by atoms with Crippen LogP contribution in [0.4, 0.5) is 10.1 Å². The first-order valence-electron chi connectivity index (χ1n) is 9.11. The molecule has 0 aliphatic carbocycles. The van der Waals surface area contributed by atoms with Crippen LogP contribution in [0.3, 0.4) is 0 Å². The summed E-state index contributed by atoms with van der Waals surface area (Å²) in [7, 11) is 3.98. The number of fused-ring (bicyclic) bond motifs is 1. The average Bonchev–Trinajstić information content (AvgIpc) is 3.02. The number of anilines is 1. The molecule has 0 unspecified atom stereocenters. The fourth-order valence-electron chi connectivity index (χ4n) is 2.74. The summed E-state index contributed by atoms with van der Waals surface area (Å²) >= 11 is 0. The maximum atomic E-state index is 13.1. The molecular weight excluding hydrogens is 409 g/mol. The zero-order valence-corrected chi connectivity index (χ0v) is 17.2. The fourth-order valence-corrected chi connectivity index (χ4v) is 2.74. The van der Waals surface area contributed by atoms with Gasteiger partial charge in [0.1, 0.15) is 22.8 Å². The molecule has 2 aromatic heterocycles. The normalized spacial score (nSPS) is 10.6. The van der Waals surface area contributed by atoms with E-state index < -0.39 is 17.8 Å². The predicted molar refractivity (Wildman–Crippen MR) is 111 cm³/mol. The Morgan fingerprint density at radius 3 is 2.23 bits per heavy atom. The molecule has 0 bridgehead atoms. The van der Waals surface area contributed by atoms with E-state index in [1.807, 2.05) is 21.0 Å². The van der Waals surface area contributed by atoms with Gasteiger partial charge in [-0.2, -0.15) is 0 Å². The van der Waals surface area contributed by atoms with Gasteiger partial charge in [-0.05, 0) is 57.8 Å². The highest BCUT2D eigenvalue weighted by Crippen LogP contribution is 2.30. The van der Waals surface area contributed by atoms with Gasteiger partial charge in [0.25, 0.3) is 0 Å². The second-order valence-electron chi connectivity index (χ2n) is 6.91. The highest BCUT2D eigenvalue weighted by Gasteiger charge is 2.19. The molecule has 0 atom stereocenters. The summed E-state index contributed by atoms with van der Waals surface area (Å²) in [6.45, 7) is 2.70. The van der Waals surface area contributed by atoms with Crippen LogP contribution in [0.2, 0.25) is 0 Å². The third kappa shape index (κ3) is 5.86. The van der Waals surface area contributed by atoms with E-state index in [1.165, 1.54) is 30.3 Å². The van der Waals surface area contributed by atoms with Gasteiger partial charge in [0.05, 0.1) is 5.69 Å². The van der Waals surface area contributed by atoms with Gasteiger partial charge in [-0.15, -0.1) is 0 Å². The number of rotatable bonds is 5. The first-order valence-corrected chi connectivity index (χ1v) is 9.11. The van der Waals surface area contributed by atoms with E-state index in [1.54, 1.807) is 0 Å². The largest absolute Gasteiger partial charge is 0.473 e. The van der Waals surface area contributed by atoms with E-state index in [0.717, 1.165) is 24.3 Å². The van der Waals surface area contributed by atoms with Gasteiger partial charge in [-0.1, -0.05) is 0 Å². The zero-order chi connectivity index (χ0) is 23.3. The lowest BCUT2D eigenvalue weighted by Gasteiger charge is -2.08. The third-order valence-corrected chi connectivity index (χ3v) is 4.30. The number of benzene rings is 1. The molecule has 0 fully saturated rings. The minimum Gasteiger partial charge on any atom is -0.473 e. The van der Waals surface area contributed by atoms with Crippen LogP contribution in [0.1, 0.15) is 27.4 Å². The van der Waals surface area contributed by atoms with Crippen LogP contribution in [-0.2, 0) is 16.0 Å². The topological polar surface area (TPSA) is 147 Å². The molecule has 9 nitrogen and oxygen atoms in total. The van der Waals surface area contributed by atoms with Gasteiger partial charge in [0.15, 0.2) is 5.58 Å². The van der Waals surface area contributed by atoms with Crippen molar-refractivity contribution in [3.63, 3.8) is 0 Å². The highest BCUT2D eigenvalue weighted by atomic mass is 19.1. The Morgan fingerprint density at radius 1 is 1.13 bits per heavy atom. The van der Waals surface area contributed by atoms with Crippen LogP contribution >= 0.6 is 0 Å². The summed E-state index contributed by atoms with van der Waals surface area (Å²) in [5.41, 5.74) is 9.10. The number of nitrogens with two attached hydrogens (primary N) is 1. The molecule has 1 aromatic carbocycles. The number of nitrogen functional groups attached to an aromatic ring is 1. The monoisotopic (exact) mass is 431 g/mol. The first-order chi connectivity index (χ1) is 14.5. The Hall–Kier alpha value is -3.79. The van der Waals surface area contributed by atoms with E-state index in [-0.39, 0.29) is 11.5 Å². The molecule has 0 saturated carbocycles. The van der Waals surface area contributed by atoms with Crippen LogP contribution in [0.15, 0.2) is 34.7 Å². The van der Waals surface area contributed by atoms with Crippen molar-refractivity contribution in [2.24, 2.45) is 0 Å². The van der Waals surface area contributed by atoms with Crippen molar-refractivity contribution in [3.8, 4) is 0 Å². The first kappa shape index (κ1) is 23.5. The number of aromatic nitrogens is 1. The Labute approximate surface area is 176 Å². The third-order valence-electron chi connectivity index (χ3n) is 4.30. The number of aliphatic carboxylic acids is 2. The number of hydrogen-bond donors (Lipinski definition) is 3. The Kier molecular flexibility index (Phi) is 7.43. The molecule has 0 aliphatic rings. The number of halogens is 1. The van der Waals surface area contributed by atoms with Gasteiger partial charge in [-0.25, -0.2) is 19.0 Å². The van der Waals surface area contributed by atoms with E-state index in [2.05, 4.69) is 9.88 Å². The summed E-state index contributed by atoms with van der Waals surface area (Å²) in [4.78, 5) is 37.4. The number of aryl methyl sites for hydroxylation is 1. The maximum Gasteiger partial charge on any atom is 0.414 e. The van der Waals surface area contributed by atoms with Crippen molar-refractivity contribution in [2.45, 2.75) is 13.3 Å². The van der Waals surface area contributed by atoms with E-state index in [0.29, 0.717) is 22.4 Å². The second kappa shape index (κ2) is 9.81. The van der Waals surface area contributed by atoms with Crippen molar-refractivity contribution in [2.75, 3.05) is 26.4 Å². The predicted octanol–water partition coefficient (Wildman–Crippen LogP) is 2.35. The average molecular weight is 431 g/mol. The van der Waals surface area contributed by atoms with Gasteiger partial charge in [0, 0.05) is 17.7 Å². The molecule has 2 heterocycles. The number of ketones is 1. The standard InChI is InChI=1S/C19H20FN3O2.C2H2O4/c1-11-14(8-9-23(2)3)17-19(25-11)15(21)10-16(22-17)18(24)12-4-6-13(20)7-5-12;3-1(4)2(5)6/h4-7,10H,8-9H2,1-3H3,(H2,21,22);(H,3,4)(H,5,6). The molecule has 10 heteroatoms. The smallest absolute Gasteiger partial charge is 0.414 e. The summed E-state index contributed by atoms with van der Waals surface area (Å²) in [6.07, 6.45) is 0.743. The molecule has 3 rings (SSSR count). The van der Waals surface area contributed by atoms with Crippen LogP contribution in [0.25, 0.3) is 11.1 Å². The summed E-state index contributed by atoms with van der Waals surface area (Å²) in [5.74, 6) is -3.59. The number of carboxylic acids is 2. The Bertz CT molecular complexity index is 1110. The van der Waals surface area contributed by atoms with Crippen molar-refractivity contribution in [3.05, 3.63) is 58.7 Å². The molecule has 0 aliphatic heterocycles. The van der Waals surface area contributed by atoms with Crippen LogP contribution in [0.5, 0.6) is 0 Å². The van der Waals surface area contributed by atoms with Crippen molar-refractivity contribution < 1.29 is 33.4 Å². The van der Waals surface area contributed by atoms with Crippen LogP contribution in [-0.4, -0.2) is 58.5 Å². The zero-order valence-electron chi connectivity index (χ0n) is 17.2. The number of nitrogens with zero attached hydrogens (tertiary/aromatic N) is 2. The molecule has 164 valence electrons. The van der Waals surface area contributed by atoms with Gasteiger partial charge in [0.2, 0.25) is 5.78 Å². The minimum atomic E-state index is -1.82. The van der Waals surface area contributed by atoms with E-state index in [4.69, 9.17) is 30.0 Å². The number of likely N-dealkylation sites (N-methyl/N-ethyl adjacent to an activating group) is 1. The fraction of sp³-hybridized carbons (Fsp3) is 0.238. The Morgan fingerprint density at radius 2 is 1.71 bits per heavy atom. The number of carbonyl (C=O) groups is 3. The molecule has 3 aromatic rings. The molecule has 4 N–H and O–H groups in total.